The fourth-order valence-electron chi connectivity index (χ4n) is 0.924. The lowest BCUT2D eigenvalue weighted by molar-refractivity contribution is 0.0837. The SMILES string of the molecule is CCC(C)(C)C(=O)c1sccc1Br. The Kier molecular flexibility index (Phi) is 3.30. The number of hydrogen-bond acceptors (Lipinski definition) is 2. The number of ketones is 1. The number of thiophene rings is 1. The highest BCUT2D eigenvalue weighted by Gasteiger charge is 2.28. The molecule has 1 aromatic heterocycles. The van der Waals surface area contributed by atoms with Crippen LogP contribution in [0.3, 0.4) is 0 Å². The fraction of sp³-hybridized carbons (Fsp3) is 0.500. The fourth-order valence-corrected chi connectivity index (χ4v) is 2.60. The molecular weight excluding hydrogens is 248 g/mol. The number of carbonyl (C=O) groups excluding carboxylic acids is 1. The van der Waals surface area contributed by atoms with Crippen molar-refractivity contribution in [2.24, 2.45) is 5.41 Å². The summed E-state index contributed by atoms with van der Waals surface area (Å²) < 4.78 is 0.920. The summed E-state index contributed by atoms with van der Waals surface area (Å²) in [6, 6.07) is 1.92. The molecule has 0 aromatic carbocycles. The molecule has 0 aliphatic carbocycles. The van der Waals surface area contributed by atoms with Crippen molar-refractivity contribution in [2.45, 2.75) is 27.2 Å². The summed E-state index contributed by atoms with van der Waals surface area (Å²) in [6.07, 6.45) is 0.871. The molecule has 13 heavy (non-hydrogen) atoms. The summed E-state index contributed by atoms with van der Waals surface area (Å²) in [5.74, 6) is 0.233. The van der Waals surface area contributed by atoms with E-state index in [1.165, 1.54) is 11.3 Å². The van der Waals surface area contributed by atoms with Gasteiger partial charge < -0.3 is 0 Å². The molecule has 0 spiro atoms. The minimum Gasteiger partial charge on any atom is -0.293 e. The van der Waals surface area contributed by atoms with Crippen molar-refractivity contribution in [1.82, 2.24) is 0 Å². The van der Waals surface area contributed by atoms with Gasteiger partial charge in [-0.3, -0.25) is 4.79 Å². The van der Waals surface area contributed by atoms with Crippen LogP contribution in [0.25, 0.3) is 0 Å². The molecule has 1 heterocycles. The largest absolute Gasteiger partial charge is 0.293 e. The van der Waals surface area contributed by atoms with Crippen molar-refractivity contribution in [1.29, 1.82) is 0 Å². The van der Waals surface area contributed by atoms with E-state index in [0.29, 0.717) is 0 Å². The molecule has 0 radical (unpaired) electrons. The predicted molar refractivity (Wildman–Crippen MR) is 60.4 cm³/mol. The lowest BCUT2D eigenvalue weighted by atomic mass is 9.85. The van der Waals surface area contributed by atoms with Crippen LogP contribution in [-0.4, -0.2) is 5.78 Å². The summed E-state index contributed by atoms with van der Waals surface area (Å²) in [4.78, 5) is 12.8. The first kappa shape index (κ1) is 10.9. The van der Waals surface area contributed by atoms with Crippen LogP contribution in [0.2, 0.25) is 0 Å². The van der Waals surface area contributed by atoms with Crippen LogP contribution in [0.4, 0.5) is 0 Å². The first-order valence-corrected chi connectivity index (χ1v) is 5.94. The summed E-state index contributed by atoms with van der Waals surface area (Å²) in [6.45, 7) is 6.02. The Labute approximate surface area is 91.3 Å². The van der Waals surface area contributed by atoms with Crippen molar-refractivity contribution < 1.29 is 4.79 Å². The zero-order valence-electron chi connectivity index (χ0n) is 8.06. The maximum absolute atomic E-state index is 12.0. The minimum atomic E-state index is -0.243. The Balaban J connectivity index is 2.98. The standard InChI is InChI=1S/C10H13BrOS/c1-4-10(2,3)9(12)8-7(11)5-6-13-8/h5-6H,4H2,1-3H3. The first-order chi connectivity index (χ1) is 5.99. The molecule has 72 valence electrons. The Morgan fingerprint density at radius 3 is 2.62 bits per heavy atom. The Morgan fingerprint density at radius 1 is 1.62 bits per heavy atom. The summed E-state index contributed by atoms with van der Waals surface area (Å²) in [5, 5.41) is 1.93. The highest BCUT2D eigenvalue weighted by Crippen LogP contribution is 2.32. The van der Waals surface area contributed by atoms with E-state index in [2.05, 4.69) is 15.9 Å². The maximum atomic E-state index is 12.0. The van der Waals surface area contributed by atoms with Gasteiger partial charge in [0.05, 0.1) is 4.88 Å². The number of halogens is 1. The molecule has 1 nitrogen and oxygen atoms in total. The molecule has 0 saturated heterocycles. The number of hydrogen-bond donors (Lipinski definition) is 0. The van der Waals surface area contributed by atoms with Gasteiger partial charge in [0, 0.05) is 9.89 Å². The molecule has 0 aliphatic heterocycles. The van der Waals surface area contributed by atoms with Crippen molar-refractivity contribution in [3.05, 3.63) is 20.8 Å². The molecule has 0 unspecified atom stereocenters. The Morgan fingerprint density at radius 2 is 2.23 bits per heavy atom. The second-order valence-electron chi connectivity index (χ2n) is 3.66. The average Bonchev–Trinajstić information content (AvgIpc) is 2.50. The summed E-state index contributed by atoms with van der Waals surface area (Å²) in [5.41, 5.74) is -0.243. The third-order valence-electron chi connectivity index (χ3n) is 2.32. The quantitative estimate of drug-likeness (QED) is 0.748. The zero-order valence-corrected chi connectivity index (χ0v) is 10.5. The van der Waals surface area contributed by atoms with E-state index in [9.17, 15) is 4.79 Å². The van der Waals surface area contributed by atoms with Gasteiger partial charge in [0.15, 0.2) is 5.78 Å². The lowest BCUT2D eigenvalue weighted by Crippen LogP contribution is -2.22. The van der Waals surface area contributed by atoms with Gasteiger partial charge in [0.1, 0.15) is 0 Å². The molecule has 0 atom stereocenters. The molecule has 1 aromatic rings. The van der Waals surface area contributed by atoms with Gasteiger partial charge in [0.25, 0.3) is 0 Å². The average molecular weight is 261 g/mol. The van der Waals surface area contributed by atoms with Gasteiger partial charge in [-0.1, -0.05) is 20.8 Å². The highest BCUT2D eigenvalue weighted by molar-refractivity contribution is 9.10. The molecule has 0 N–H and O–H groups in total. The van der Waals surface area contributed by atoms with E-state index in [-0.39, 0.29) is 11.2 Å². The molecule has 3 heteroatoms. The molecule has 0 saturated carbocycles. The minimum absolute atomic E-state index is 0.233. The van der Waals surface area contributed by atoms with Crippen LogP contribution in [0, 0.1) is 5.41 Å². The number of rotatable bonds is 3. The normalized spacial score (nSPS) is 11.7. The number of carbonyl (C=O) groups is 1. The molecule has 0 bridgehead atoms. The van der Waals surface area contributed by atoms with Crippen LogP contribution < -0.4 is 0 Å². The second kappa shape index (κ2) is 3.93. The van der Waals surface area contributed by atoms with Crippen molar-refractivity contribution in [3.63, 3.8) is 0 Å². The topological polar surface area (TPSA) is 17.1 Å². The van der Waals surface area contributed by atoms with Gasteiger partial charge in [-0.25, -0.2) is 0 Å². The van der Waals surface area contributed by atoms with Crippen LogP contribution >= 0.6 is 27.3 Å². The molecule has 0 amide bonds. The van der Waals surface area contributed by atoms with E-state index in [1.54, 1.807) is 0 Å². The monoisotopic (exact) mass is 260 g/mol. The molecule has 1 rings (SSSR count). The van der Waals surface area contributed by atoms with Crippen molar-refractivity contribution >= 4 is 33.0 Å². The molecular formula is C10H13BrOS. The van der Waals surface area contributed by atoms with Crippen LogP contribution in [-0.2, 0) is 0 Å². The van der Waals surface area contributed by atoms with Crippen LogP contribution in [0.1, 0.15) is 36.9 Å². The smallest absolute Gasteiger partial charge is 0.179 e. The molecule has 0 aliphatic rings. The zero-order chi connectivity index (χ0) is 10.1. The first-order valence-electron chi connectivity index (χ1n) is 4.27. The van der Waals surface area contributed by atoms with Gasteiger partial charge in [-0.05, 0) is 33.8 Å². The number of Topliss-reactive ketones (excluding diaryl/α,β-unsaturated/α-hetero) is 1. The van der Waals surface area contributed by atoms with Crippen LogP contribution in [0.15, 0.2) is 15.9 Å². The van der Waals surface area contributed by atoms with Crippen molar-refractivity contribution in [3.8, 4) is 0 Å². The van der Waals surface area contributed by atoms with Gasteiger partial charge >= 0.3 is 0 Å². The third kappa shape index (κ3) is 2.20. The van der Waals surface area contributed by atoms with E-state index in [1.807, 2.05) is 32.2 Å². The summed E-state index contributed by atoms with van der Waals surface area (Å²) >= 11 is 4.88. The van der Waals surface area contributed by atoms with Gasteiger partial charge in [-0.15, -0.1) is 11.3 Å². The van der Waals surface area contributed by atoms with E-state index in [0.717, 1.165) is 15.8 Å². The van der Waals surface area contributed by atoms with Crippen molar-refractivity contribution in [2.75, 3.05) is 0 Å². The predicted octanol–water partition coefficient (Wildman–Crippen LogP) is 4.13. The Hall–Kier alpha value is -0.150. The maximum Gasteiger partial charge on any atom is 0.179 e. The lowest BCUT2D eigenvalue weighted by Gasteiger charge is -2.19. The van der Waals surface area contributed by atoms with E-state index < -0.39 is 0 Å². The van der Waals surface area contributed by atoms with Crippen LogP contribution in [0.5, 0.6) is 0 Å². The van der Waals surface area contributed by atoms with Gasteiger partial charge in [0.2, 0.25) is 0 Å². The van der Waals surface area contributed by atoms with Gasteiger partial charge in [-0.2, -0.15) is 0 Å². The van der Waals surface area contributed by atoms with E-state index in [4.69, 9.17) is 0 Å². The highest BCUT2D eigenvalue weighted by atomic mass is 79.9. The third-order valence-corrected chi connectivity index (χ3v) is 4.16. The molecule has 0 fully saturated rings. The van der Waals surface area contributed by atoms with E-state index >= 15 is 0 Å². The Bertz CT molecular complexity index is 314. The summed E-state index contributed by atoms with van der Waals surface area (Å²) in [7, 11) is 0. The second-order valence-corrected chi connectivity index (χ2v) is 5.43.